The maximum absolute atomic E-state index is 12.2. The summed E-state index contributed by atoms with van der Waals surface area (Å²) in [5, 5.41) is 8.16. The highest BCUT2D eigenvalue weighted by atomic mass is 35.5. The molecule has 0 saturated carbocycles. The molecule has 0 spiro atoms. The Labute approximate surface area is 220 Å². The van der Waals surface area contributed by atoms with E-state index in [-0.39, 0.29) is 24.5 Å². The van der Waals surface area contributed by atoms with Gasteiger partial charge in [0.15, 0.2) is 5.82 Å². The van der Waals surface area contributed by atoms with Gasteiger partial charge in [-0.1, -0.05) is 49.7 Å². The van der Waals surface area contributed by atoms with Crippen LogP contribution in [0.3, 0.4) is 0 Å². The van der Waals surface area contributed by atoms with E-state index in [0.717, 1.165) is 11.3 Å². The van der Waals surface area contributed by atoms with Crippen molar-refractivity contribution in [3.8, 4) is 11.6 Å². The van der Waals surface area contributed by atoms with E-state index < -0.39 is 0 Å². The van der Waals surface area contributed by atoms with Gasteiger partial charge in [-0.2, -0.15) is 10.1 Å². The Balaban J connectivity index is 1.49. The van der Waals surface area contributed by atoms with Crippen molar-refractivity contribution in [2.45, 2.75) is 46.3 Å². The molecule has 9 nitrogen and oxygen atoms in total. The maximum atomic E-state index is 12.2. The molecular weight excluding hydrogens is 492 g/mol. The van der Waals surface area contributed by atoms with Crippen molar-refractivity contribution in [3.05, 3.63) is 88.8 Å². The summed E-state index contributed by atoms with van der Waals surface area (Å²) >= 11 is 6.37. The van der Waals surface area contributed by atoms with Gasteiger partial charge in [-0.15, -0.1) is 0 Å². The molecule has 0 aliphatic rings. The number of halogens is 1. The summed E-state index contributed by atoms with van der Waals surface area (Å²) in [4.78, 5) is 26.5. The number of benzene rings is 2. The topological polar surface area (TPSA) is 103 Å². The molecule has 1 amide bonds. The molecule has 0 unspecified atom stereocenters. The maximum Gasteiger partial charge on any atom is 0.274 e. The van der Waals surface area contributed by atoms with Crippen molar-refractivity contribution in [2.75, 3.05) is 5.32 Å². The summed E-state index contributed by atoms with van der Waals surface area (Å²) in [5.74, 6) is 1.37. The standard InChI is InChI=1S/C27H29ClN6O3/c1-17(2)22-12-13-34(32-22)25-21(28)15-29-27(31-25)30-23-11-10-19(14-24(23)37-18(3)4)16-36-33-26(35)20-8-6-5-7-9-20/h5-15,17-18H,16H2,1-4H3,(H,33,35)(H,29,30,31). The molecule has 0 saturated heterocycles. The Hall–Kier alpha value is -3.95. The van der Waals surface area contributed by atoms with Gasteiger partial charge in [0.05, 0.1) is 30.3 Å². The van der Waals surface area contributed by atoms with Crippen LogP contribution in [0.5, 0.6) is 5.75 Å². The van der Waals surface area contributed by atoms with Crippen molar-refractivity contribution < 1.29 is 14.4 Å². The molecule has 2 aromatic heterocycles. The molecule has 37 heavy (non-hydrogen) atoms. The second-order valence-corrected chi connectivity index (χ2v) is 9.32. The third kappa shape index (κ3) is 6.84. The fourth-order valence-corrected chi connectivity index (χ4v) is 3.59. The Morgan fingerprint density at radius 1 is 1.08 bits per heavy atom. The average molecular weight is 521 g/mol. The van der Waals surface area contributed by atoms with Crippen molar-refractivity contribution in [1.82, 2.24) is 25.2 Å². The van der Waals surface area contributed by atoms with Crippen molar-refractivity contribution >= 4 is 29.1 Å². The van der Waals surface area contributed by atoms with Crippen molar-refractivity contribution in [2.24, 2.45) is 0 Å². The Morgan fingerprint density at radius 2 is 1.86 bits per heavy atom. The second kappa shape index (κ2) is 11.9. The lowest BCUT2D eigenvalue weighted by Crippen LogP contribution is -2.23. The number of nitrogens with zero attached hydrogens (tertiary/aromatic N) is 4. The van der Waals surface area contributed by atoms with E-state index in [4.69, 9.17) is 21.2 Å². The lowest BCUT2D eigenvalue weighted by molar-refractivity contribution is 0.0233. The van der Waals surface area contributed by atoms with Crippen LogP contribution in [0.15, 0.2) is 67.0 Å². The summed E-state index contributed by atoms with van der Waals surface area (Å²) < 4.78 is 7.66. The monoisotopic (exact) mass is 520 g/mol. The van der Waals surface area contributed by atoms with E-state index >= 15 is 0 Å². The third-order valence-electron chi connectivity index (χ3n) is 5.24. The van der Waals surface area contributed by atoms with Crippen LogP contribution in [0.2, 0.25) is 5.02 Å². The predicted molar refractivity (Wildman–Crippen MR) is 142 cm³/mol. The Bertz CT molecular complexity index is 1360. The predicted octanol–water partition coefficient (Wildman–Crippen LogP) is 5.83. The van der Waals surface area contributed by atoms with Crippen LogP contribution in [0.25, 0.3) is 5.82 Å². The number of nitrogens with one attached hydrogen (secondary N) is 2. The summed E-state index contributed by atoms with van der Waals surface area (Å²) in [6.45, 7) is 8.18. The van der Waals surface area contributed by atoms with Gasteiger partial charge in [0.25, 0.3) is 5.91 Å². The summed E-state index contributed by atoms with van der Waals surface area (Å²) in [6.07, 6.45) is 3.28. The molecule has 0 aliphatic carbocycles. The van der Waals surface area contributed by atoms with E-state index in [0.29, 0.717) is 33.8 Å². The largest absolute Gasteiger partial charge is 0.489 e. The lowest BCUT2D eigenvalue weighted by atomic mass is 10.1. The minimum atomic E-state index is -0.314. The van der Waals surface area contributed by atoms with E-state index in [9.17, 15) is 4.79 Å². The van der Waals surface area contributed by atoms with Gasteiger partial charge in [-0.25, -0.2) is 15.1 Å². The molecule has 4 rings (SSSR count). The quantitative estimate of drug-likeness (QED) is 0.253. The fourth-order valence-electron chi connectivity index (χ4n) is 3.41. The molecule has 10 heteroatoms. The Morgan fingerprint density at radius 3 is 2.57 bits per heavy atom. The number of rotatable bonds is 10. The highest BCUT2D eigenvalue weighted by Gasteiger charge is 2.14. The zero-order valence-electron chi connectivity index (χ0n) is 21.1. The highest BCUT2D eigenvalue weighted by Crippen LogP contribution is 2.30. The molecule has 192 valence electrons. The lowest BCUT2D eigenvalue weighted by Gasteiger charge is -2.17. The third-order valence-corrected chi connectivity index (χ3v) is 5.51. The number of anilines is 2. The first-order chi connectivity index (χ1) is 17.8. The van der Waals surface area contributed by atoms with Gasteiger partial charge >= 0.3 is 0 Å². The van der Waals surface area contributed by atoms with Crippen LogP contribution in [0.1, 0.15) is 55.2 Å². The molecule has 4 aromatic rings. The number of amides is 1. The number of hydroxylamine groups is 1. The SMILES string of the molecule is CC(C)Oc1cc(CONC(=O)c2ccccc2)ccc1Nc1ncc(Cl)c(-n2ccc(C(C)C)n2)n1. The number of hydrogen-bond acceptors (Lipinski definition) is 7. The minimum absolute atomic E-state index is 0.0743. The number of ether oxygens (including phenoxy) is 1. The highest BCUT2D eigenvalue weighted by molar-refractivity contribution is 6.32. The molecule has 2 aromatic carbocycles. The molecule has 0 aliphatic heterocycles. The van der Waals surface area contributed by atoms with E-state index in [1.807, 2.05) is 50.4 Å². The van der Waals surface area contributed by atoms with E-state index in [1.165, 1.54) is 6.20 Å². The Kier molecular flexibility index (Phi) is 8.37. The van der Waals surface area contributed by atoms with Gasteiger partial charge in [-0.3, -0.25) is 9.63 Å². The summed E-state index contributed by atoms with van der Waals surface area (Å²) in [5.41, 5.74) is 5.40. The zero-order valence-corrected chi connectivity index (χ0v) is 21.9. The first-order valence-electron chi connectivity index (χ1n) is 11.9. The van der Waals surface area contributed by atoms with Gasteiger partial charge in [0.1, 0.15) is 10.8 Å². The fraction of sp³-hybridized carbons (Fsp3) is 0.259. The smallest absolute Gasteiger partial charge is 0.274 e. The second-order valence-electron chi connectivity index (χ2n) is 8.91. The molecule has 0 fully saturated rings. The normalized spacial score (nSPS) is 11.1. The van der Waals surface area contributed by atoms with Crippen LogP contribution >= 0.6 is 11.6 Å². The van der Waals surface area contributed by atoms with Gasteiger partial charge in [0.2, 0.25) is 5.95 Å². The van der Waals surface area contributed by atoms with Crippen LogP contribution < -0.4 is 15.5 Å². The van der Waals surface area contributed by atoms with Gasteiger partial charge in [0, 0.05) is 11.8 Å². The van der Waals surface area contributed by atoms with Crippen LogP contribution in [-0.2, 0) is 11.4 Å². The molecule has 2 N–H and O–H groups in total. The molecule has 0 radical (unpaired) electrons. The average Bonchev–Trinajstić information content (AvgIpc) is 3.37. The first-order valence-corrected chi connectivity index (χ1v) is 12.3. The summed E-state index contributed by atoms with van der Waals surface area (Å²) in [6, 6.07) is 16.4. The van der Waals surface area contributed by atoms with Crippen molar-refractivity contribution in [1.29, 1.82) is 0 Å². The summed E-state index contributed by atoms with van der Waals surface area (Å²) in [7, 11) is 0. The van der Waals surface area contributed by atoms with Crippen LogP contribution in [0.4, 0.5) is 11.6 Å². The minimum Gasteiger partial charge on any atom is -0.489 e. The number of carbonyl (C=O) groups is 1. The van der Waals surface area contributed by atoms with Crippen molar-refractivity contribution in [3.63, 3.8) is 0 Å². The van der Waals surface area contributed by atoms with Gasteiger partial charge < -0.3 is 10.1 Å². The molecule has 0 bridgehead atoms. The van der Waals surface area contributed by atoms with Crippen LogP contribution in [-0.4, -0.2) is 31.8 Å². The number of aromatic nitrogens is 4. The molecular formula is C27H29ClN6O3. The molecule has 0 atom stereocenters. The van der Waals surface area contributed by atoms with Gasteiger partial charge in [-0.05, 0) is 55.7 Å². The van der Waals surface area contributed by atoms with E-state index in [2.05, 4.69) is 39.7 Å². The molecule has 2 heterocycles. The first kappa shape index (κ1) is 26.1. The zero-order chi connectivity index (χ0) is 26.4. The number of carbonyl (C=O) groups excluding carboxylic acids is 1. The van der Waals surface area contributed by atoms with E-state index in [1.54, 1.807) is 28.9 Å². The number of hydrogen-bond donors (Lipinski definition) is 2. The van der Waals surface area contributed by atoms with Crippen LogP contribution in [0, 0.1) is 0 Å².